The number of anilines is 1. The molecule has 0 radical (unpaired) electrons. The molecular formula is C21H26N3OS+. The number of carbonyl (C=O) groups excluding carboxylic acids is 1. The Morgan fingerprint density at radius 1 is 1.19 bits per heavy atom. The predicted octanol–water partition coefficient (Wildman–Crippen LogP) is 3.77. The van der Waals surface area contributed by atoms with Crippen molar-refractivity contribution in [2.45, 2.75) is 13.5 Å². The zero-order valence-electron chi connectivity index (χ0n) is 15.5. The van der Waals surface area contributed by atoms with Gasteiger partial charge in [0, 0.05) is 56.3 Å². The van der Waals surface area contributed by atoms with E-state index in [0.717, 1.165) is 31.9 Å². The van der Waals surface area contributed by atoms with E-state index >= 15 is 0 Å². The van der Waals surface area contributed by atoms with Crippen molar-refractivity contribution in [3.63, 3.8) is 0 Å². The molecule has 1 saturated heterocycles. The van der Waals surface area contributed by atoms with Crippen LogP contribution in [0.25, 0.3) is 12.2 Å². The Hall–Kier alpha value is -2.27. The number of rotatable bonds is 7. The quantitative estimate of drug-likeness (QED) is 0.696. The summed E-state index contributed by atoms with van der Waals surface area (Å²) in [5.74, 6) is 0.920. The van der Waals surface area contributed by atoms with Gasteiger partial charge in [0.05, 0.1) is 0 Å². The van der Waals surface area contributed by atoms with Crippen molar-refractivity contribution in [1.29, 1.82) is 0 Å². The molecule has 3 rings (SSSR count). The van der Waals surface area contributed by atoms with Crippen LogP contribution in [0.2, 0.25) is 0 Å². The molecule has 1 fully saturated rings. The lowest BCUT2D eigenvalue weighted by molar-refractivity contribution is -0.695. The molecule has 2 aromatic rings. The van der Waals surface area contributed by atoms with E-state index in [4.69, 9.17) is 0 Å². The summed E-state index contributed by atoms with van der Waals surface area (Å²) in [5, 5.41) is 0.212. The van der Waals surface area contributed by atoms with Gasteiger partial charge in [-0.1, -0.05) is 23.9 Å². The van der Waals surface area contributed by atoms with Crippen molar-refractivity contribution in [3.05, 3.63) is 59.9 Å². The number of carbonyl (C=O) groups is 1. The number of nitrogens with zero attached hydrogens (tertiary/aromatic N) is 3. The maximum Gasteiger partial charge on any atom is 0.281 e. The van der Waals surface area contributed by atoms with Gasteiger partial charge in [0.25, 0.3) is 5.24 Å². The lowest BCUT2D eigenvalue weighted by Gasteiger charge is -2.23. The predicted molar refractivity (Wildman–Crippen MR) is 110 cm³/mol. The van der Waals surface area contributed by atoms with Crippen LogP contribution in [-0.2, 0) is 6.54 Å². The summed E-state index contributed by atoms with van der Waals surface area (Å²) < 4.78 is 2.22. The number of benzene rings is 1. The average molecular weight is 369 g/mol. The zero-order chi connectivity index (χ0) is 18.4. The first-order valence-electron chi connectivity index (χ1n) is 9.07. The van der Waals surface area contributed by atoms with Crippen LogP contribution in [0.3, 0.4) is 0 Å². The van der Waals surface area contributed by atoms with Gasteiger partial charge in [-0.3, -0.25) is 4.79 Å². The minimum Gasteiger partial charge on any atom is -0.373 e. The molecule has 0 saturated carbocycles. The van der Waals surface area contributed by atoms with Gasteiger partial charge in [0.15, 0.2) is 6.20 Å². The van der Waals surface area contributed by atoms with E-state index in [0.29, 0.717) is 0 Å². The van der Waals surface area contributed by atoms with Crippen LogP contribution in [0.4, 0.5) is 10.5 Å². The Morgan fingerprint density at radius 2 is 2.00 bits per heavy atom. The number of hydrogen-bond donors (Lipinski definition) is 0. The van der Waals surface area contributed by atoms with Crippen molar-refractivity contribution in [2.75, 3.05) is 37.3 Å². The van der Waals surface area contributed by atoms with Crippen LogP contribution in [0.15, 0.2) is 48.7 Å². The number of pyridine rings is 1. The van der Waals surface area contributed by atoms with Gasteiger partial charge >= 0.3 is 0 Å². The second-order valence-corrected chi connectivity index (χ2v) is 7.41. The Morgan fingerprint density at radius 3 is 2.69 bits per heavy atom. The first-order valence-corrected chi connectivity index (χ1v) is 10.1. The van der Waals surface area contributed by atoms with Crippen molar-refractivity contribution < 1.29 is 9.36 Å². The molecule has 0 spiro atoms. The second kappa shape index (κ2) is 8.90. The van der Waals surface area contributed by atoms with E-state index < -0.39 is 0 Å². The van der Waals surface area contributed by atoms with Crippen LogP contribution >= 0.6 is 11.8 Å². The van der Waals surface area contributed by atoms with Gasteiger partial charge in [0.2, 0.25) is 5.69 Å². The van der Waals surface area contributed by atoms with Crippen molar-refractivity contribution in [2.24, 2.45) is 0 Å². The van der Waals surface area contributed by atoms with Gasteiger partial charge in [-0.15, -0.1) is 0 Å². The summed E-state index contributed by atoms with van der Waals surface area (Å²) in [4.78, 5) is 15.8. The highest BCUT2D eigenvalue weighted by Crippen LogP contribution is 2.18. The summed E-state index contributed by atoms with van der Waals surface area (Å²) in [7, 11) is 2.08. The molecule has 4 nitrogen and oxygen atoms in total. The second-order valence-electron chi connectivity index (χ2n) is 6.36. The molecule has 26 heavy (non-hydrogen) atoms. The molecule has 2 heterocycles. The van der Waals surface area contributed by atoms with Crippen LogP contribution in [-0.4, -0.2) is 42.6 Å². The number of aryl methyl sites for hydroxylation is 1. The van der Waals surface area contributed by atoms with Crippen LogP contribution in [0, 0.1) is 0 Å². The smallest absolute Gasteiger partial charge is 0.281 e. The lowest BCUT2D eigenvalue weighted by atomic mass is 10.1. The van der Waals surface area contributed by atoms with Crippen molar-refractivity contribution in [3.8, 4) is 0 Å². The fourth-order valence-corrected chi connectivity index (χ4v) is 3.83. The number of likely N-dealkylation sites (N-methyl/N-ethyl adjacent to an activating group) is 1. The minimum absolute atomic E-state index is 0.212. The largest absolute Gasteiger partial charge is 0.373 e. The molecule has 0 atom stereocenters. The van der Waals surface area contributed by atoms with E-state index in [2.05, 4.69) is 84.3 Å². The molecule has 1 aromatic heterocycles. The lowest BCUT2D eigenvalue weighted by Crippen LogP contribution is -2.34. The Kier molecular flexibility index (Phi) is 6.34. The topological polar surface area (TPSA) is 27.4 Å². The van der Waals surface area contributed by atoms with Gasteiger partial charge < -0.3 is 9.80 Å². The van der Waals surface area contributed by atoms with Crippen molar-refractivity contribution >= 4 is 34.8 Å². The highest BCUT2D eigenvalue weighted by molar-refractivity contribution is 8.13. The first kappa shape index (κ1) is 18.5. The molecule has 1 aliphatic heterocycles. The highest BCUT2D eigenvalue weighted by atomic mass is 32.2. The molecular weight excluding hydrogens is 342 g/mol. The fourth-order valence-electron chi connectivity index (χ4n) is 2.98. The SMILES string of the molecule is CC[n+]1ccccc1/C=C/c1ccc(N(C)CCN2CCSC2=O)cc1. The normalized spacial score (nSPS) is 14.4. The number of aromatic nitrogens is 1. The molecule has 0 unspecified atom stereocenters. The molecule has 1 amide bonds. The first-order chi connectivity index (χ1) is 12.7. The molecule has 0 aliphatic carbocycles. The summed E-state index contributed by atoms with van der Waals surface area (Å²) >= 11 is 1.42. The third-order valence-corrected chi connectivity index (χ3v) is 5.54. The van der Waals surface area contributed by atoms with Crippen molar-refractivity contribution in [1.82, 2.24) is 4.90 Å². The third kappa shape index (κ3) is 4.67. The molecule has 0 N–H and O–H groups in total. The van der Waals surface area contributed by atoms with Crippen LogP contribution < -0.4 is 9.47 Å². The van der Waals surface area contributed by atoms with E-state index in [9.17, 15) is 4.79 Å². The molecule has 5 heteroatoms. The molecule has 1 aromatic carbocycles. The van der Waals surface area contributed by atoms with Crippen LogP contribution in [0.1, 0.15) is 18.2 Å². The number of hydrogen-bond acceptors (Lipinski definition) is 3. The Labute approximate surface area is 160 Å². The van der Waals surface area contributed by atoms with Gasteiger partial charge in [0.1, 0.15) is 6.54 Å². The molecule has 136 valence electrons. The zero-order valence-corrected chi connectivity index (χ0v) is 16.3. The monoisotopic (exact) mass is 368 g/mol. The number of amides is 1. The van der Waals surface area contributed by atoms with E-state index in [-0.39, 0.29) is 5.24 Å². The van der Waals surface area contributed by atoms with E-state index in [1.807, 2.05) is 4.90 Å². The third-order valence-electron chi connectivity index (χ3n) is 4.65. The summed E-state index contributed by atoms with van der Waals surface area (Å²) in [6, 6.07) is 14.8. The number of thioether (sulfide) groups is 1. The van der Waals surface area contributed by atoms with Crippen LogP contribution in [0.5, 0.6) is 0 Å². The van der Waals surface area contributed by atoms with E-state index in [1.54, 1.807) is 0 Å². The van der Waals surface area contributed by atoms with E-state index in [1.165, 1.54) is 28.7 Å². The summed E-state index contributed by atoms with van der Waals surface area (Å²) in [5.41, 5.74) is 3.55. The summed E-state index contributed by atoms with van der Waals surface area (Å²) in [6.07, 6.45) is 6.39. The Bertz CT molecular complexity index is 773. The maximum absolute atomic E-state index is 11.7. The summed E-state index contributed by atoms with van der Waals surface area (Å²) in [6.45, 7) is 5.62. The fraction of sp³-hybridized carbons (Fsp3) is 0.333. The highest BCUT2D eigenvalue weighted by Gasteiger charge is 2.20. The molecule has 0 bridgehead atoms. The van der Waals surface area contributed by atoms with Gasteiger partial charge in [-0.25, -0.2) is 0 Å². The molecule has 1 aliphatic rings. The van der Waals surface area contributed by atoms with Gasteiger partial charge in [-0.05, 0) is 36.8 Å². The minimum atomic E-state index is 0.212. The maximum atomic E-state index is 11.7. The van der Waals surface area contributed by atoms with Gasteiger partial charge in [-0.2, -0.15) is 4.57 Å². The Balaban J connectivity index is 1.59. The standard InChI is InChI=1S/C21H26N3OS/c1-3-23-13-5-4-6-20(23)12-9-18-7-10-19(11-8-18)22(2)14-15-24-16-17-26-21(24)25/h4-13H,3,14-17H2,1-2H3/q+1. The average Bonchev–Trinajstić information content (AvgIpc) is 3.10.